The van der Waals surface area contributed by atoms with Crippen molar-refractivity contribution in [3.63, 3.8) is 0 Å². The maximum Gasteiger partial charge on any atom is 0.117 e. The van der Waals surface area contributed by atoms with Gasteiger partial charge in [0, 0.05) is 0 Å². The molecule has 3 fully saturated rings. The van der Waals surface area contributed by atoms with E-state index in [0.29, 0.717) is 12.3 Å². The van der Waals surface area contributed by atoms with Crippen LogP contribution in [0.2, 0.25) is 0 Å². The number of hydrogen-bond donors (Lipinski definition) is 2. The Balaban J connectivity index is 2.12. The summed E-state index contributed by atoms with van der Waals surface area (Å²) in [4.78, 5) is 0. The highest BCUT2D eigenvalue weighted by Gasteiger charge is 2.72. The van der Waals surface area contributed by atoms with Gasteiger partial charge in [-0.1, -0.05) is 6.92 Å². The largest absolute Gasteiger partial charge is 0.390 e. The van der Waals surface area contributed by atoms with Gasteiger partial charge < -0.3 is 14.9 Å². The van der Waals surface area contributed by atoms with Crippen molar-refractivity contribution in [1.29, 1.82) is 0 Å². The molecule has 2 saturated carbocycles. The summed E-state index contributed by atoms with van der Waals surface area (Å²) in [6, 6.07) is 0. The molecule has 0 amide bonds. The molecule has 5 atom stereocenters. The van der Waals surface area contributed by atoms with Crippen LogP contribution in [0.1, 0.15) is 59.8 Å². The van der Waals surface area contributed by atoms with Crippen LogP contribution >= 0.6 is 0 Å². The zero-order valence-corrected chi connectivity index (χ0v) is 12.0. The third kappa shape index (κ3) is 1.26. The molecule has 0 unspecified atom stereocenters. The van der Waals surface area contributed by atoms with Crippen molar-refractivity contribution < 1.29 is 14.9 Å². The van der Waals surface area contributed by atoms with Gasteiger partial charge in [-0.3, -0.25) is 0 Å². The molecule has 104 valence electrons. The maximum absolute atomic E-state index is 10.9. The van der Waals surface area contributed by atoms with Crippen molar-refractivity contribution >= 4 is 0 Å². The lowest BCUT2D eigenvalue weighted by atomic mass is 9.50. The molecule has 2 bridgehead atoms. The van der Waals surface area contributed by atoms with Crippen molar-refractivity contribution in [1.82, 2.24) is 0 Å². The van der Waals surface area contributed by atoms with Crippen molar-refractivity contribution in [3.05, 3.63) is 0 Å². The van der Waals surface area contributed by atoms with Crippen LogP contribution in [0.3, 0.4) is 0 Å². The standard InChI is InChI=1S/C15H26O3/c1-12(2)10-5-7-13(3)8-6-11(16)14(4,17)15(13,9-10)18-12/h10-11,16-17H,5-9H2,1-4H3/t10-,11-,13+,14+,15+/m0/s1. The first-order chi connectivity index (χ1) is 8.15. The van der Waals surface area contributed by atoms with Gasteiger partial charge in [0.2, 0.25) is 0 Å². The van der Waals surface area contributed by atoms with E-state index < -0.39 is 17.3 Å². The number of hydrogen-bond acceptors (Lipinski definition) is 3. The third-order valence-electron chi connectivity index (χ3n) is 6.41. The minimum absolute atomic E-state index is 0. The van der Waals surface area contributed by atoms with Crippen LogP contribution in [0.25, 0.3) is 0 Å². The van der Waals surface area contributed by atoms with E-state index in [4.69, 9.17) is 4.74 Å². The minimum atomic E-state index is -1.13. The lowest BCUT2D eigenvalue weighted by Gasteiger charge is -2.60. The summed E-state index contributed by atoms with van der Waals surface area (Å²) in [5, 5.41) is 21.2. The monoisotopic (exact) mass is 254 g/mol. The van der Waals surface area contributed by atoms with Crippen LogP contribution in [0.15, 0.2) is 0 Å². The minimum Gasteiger partial charge on any atom is -0.390 e. The smallest absolute Gasteiger partial charge is 0.117 e. The summed E-state index contributed by atoms with van der Waals surface area (Å²) in [5.74, 6) is 0.502. The molecule has 3 heteroatoms. The summed E-state index contributed by atoms with van der Waals surface area (Å²) in [7, 11) is 0. The maximum atomic E-state index is 10.9. The fourth-order valence-electron chi connectivity index (χ4n) is 4.93. The summed E-state index contributed by atoms with van der Waals surface area (Å²) in [6.07, 6.45) is 4.13. The van der Waals surface area contributed by atoms with Crippen LogP contribution in [0.5, 0.6) is 0 Å². The first-order valence-corrected chi connectivity index (χ1v) is 7.25. The number of fused-ring (bicyclic) bond motifs is 1. The normalized spacial score (nSPS) is 58.3. The van der Waals surface area contributed by atoms with E-state index >= 15 is 0 Å². The molecule has 3 aliphatic rings. The number of rotatable bonds is 0. The lowest BCUT2D eigenvalue weighted by molar-refractivity contribution is -0.289. The first kappa shape index (κ1) is 12.9. The van der Waals surface area contributed by atoms with Gasteiger partial charge in [-0.05, 0) is 64.2 Å². The molecular formula is C15H26O3. The zero-order valence-electron chi connectivity index (χ0n) is 12.0. The molecular weight excluding hydrogens is 228 g/mol. The summed E-state index contributed by atoms with van der Waals surface area (Å²) in [6.45, 7) is 8.29. The highest BCUT2D eigenvalue weighted by Crippen LogP contribution is 2.66. The number of ether oxygens (including phenoxy) is 1. The molecule has 1 heterocycles. The Bertz CT molecular complexity index is 369. The Hall–Kier alpha value is -0.120. The van der Waals surface area contributed by atoms with Crippen molar-refractivity contribution in [3.8, 4) is 0 Å². The van der Waals surface area contributed by atoms with Gasteiger partial charge in [0.05, 0.1) is 11.7 Å². The molecule has 0 aromatic carbocycles. The second-order valence-corrected chi connectivity index (χ2v) is 7.73. The molecule has 2 aliphatic carbocycles. The first-order valence-electron chi connectivity index (χ1n) is 7.25. The molecule has 1 spiro atoms. The topological polar surface area (TPSA) is 49.7 Å². The Kier molecular flexibility index (Phi) is 2.37. The van der Waals surface area contributed by atoms with E-state index in [1.165, 1.54) is 6.42 Å². The van der Waals surface area contributed by atoms with Gasteiger partial charge in [0.15, 0.2) is 0 Å². The van der Waals surface area contributed by atoms with Crippen molar-refractivity contribution in [2.24, 2.45) is 11.3 Å². The van der Waals surface area contributed by atoms with Crippen LogP contribution in [0.4, 0.5) is 0 Å². The molecule has 3 nitrogen and oxygen atoms in total. The van der Waals surface area contributed by atoms with Gasteiger partial charge >= 0.3 is 0 Å². The SMILES string of the molecule is CC1(C)O[C@]23C[C@@H]1CC[C@]2(C)CC[C@H](O)[C@@]3(C)O. The molecule has 1 aliphatic heterocycles. The molecule has 0 aromatic heterocycles. The molecule has 0 radical (unpaired) electrons. The Morgan fingerprint density at radius 3 is 2.33 bits per heavy atom. The Labute approximate surface area is 110 Å². The highest BCUT2D eigenvalue weighted by molar-refractivity contribution is 5.22. The van der Waals surface area contributed by atoms with Gasteiger partial charge in [-0.2, -0.15) is 0 Å². The number of aliphatic hydroxyl groups excluding tert-OH is 1. The van der Waals surface area contributed by atoms with Crippen molar-refractivity contribution in [2.45, 2.75) is 82.7 Å². The van der Waals surface area contributed by atoms with E-state index in [2.05, 4.69) is 20.8 Å². The second-order valence-electron chi connectivity index (χ2n) is 7.73. The van der Waals surface area contributed by atoms with Gasteiger partial charge in [-0.25, -0.2) is 0 Å². The van der Waals surface area contributed by atoms with Crippen molar-refractivity contribution in [2.75, 3.05) is 0 Å². The van der Waals surface area contributed by atoms with Crippen LogP contribution in [-0.4, -0.2) is 33.1 Å². The van der Waals surface area contributed by atoms with Gasteiger partial charge in [-0.15, -0.1) is 0 Å². The fourth-order valence-corrected chi connectivity index (χ4v) is 4.93. The van der Waals surface area contributed by atoms with E-state index in [1.807, 2.05) is 0 Å². The van der Waals surface area contributed by atoms with E-state index in [1.54, 1.807) is 6.92 Å². The zero-order chi connectivity index (χ0) is 13.4. The predicted molar refractivity (Wildman–Crippen MR) is 69.2 cm³/mol. The summed E-state index contributed by atoms with van der Waals surface area (Å²) < 4.78 is 6.44. The molecule has 1 saturated heterocycles. The summed E-state index contributed by atoms with van der Waals surface area (Å²) >= 11 is 0. The second kappa shape index (κ2) is 3.31. The summed E-state index contributed by atoms with van der Waals surface area (Å²) in [5.41, 5.74) is -1.88. The Morgan fingerprint density at radius 2 is 1.67 bits per heavy atom. The molecule has 3 rings (SSSR count). The molecule has 2 N–H and O–H groups in total. The molecule has 0 aromatic rings. The van der Waals surface area contributed by atoms with E-state index in [-0.39, 0.29) is 11.0 Å². The van der Waals surface area contributed by atoms with Crippen LogP contribution in [-0.2, 0) is 4.74 Å². The van der Waals surface area contributed by atoms with Crippen LogP contribution < -0.4 is 0 Å². The van der Waals surface area contributed by atoms with E-state index in [0.717, 1.165) is 19.3 Å². The fraction of sp³-hybridized carbons (Fsp3) is 1.00. The van der Waals surface area contributed by atoms with Crippen LogP contribution in [0, 0.1) is 11.3 Å². The van der Waals surface area contributed by atoms with Gasteiger partial charge in [0.25, 0.3) is 0 Å². The predicted octanol–water partition coefficient (Wildman–Crippen LogP) is 2.25. The lowest BCUT2D eigenvalue weighted by Crippen LogP contribution is -2.70. The van der Waals surface area contributed by atoms with Gasteiger partial charge in [0.1, 0.15) is 11.2 Å². The van der Waals surface area contributed by atoms with E-state index in [9.17, 15) is 10.2 Å². The highest BCUT2D eigenvalue weighted by atomic mass is 16.6. The average Bonchev–Trinajstić information content (AvgIpc) is 2.50. The quantitative estimate of drug-likeness (QED) is 0.697. The number of aliphatic hydroxyl groups is 2. The third-order valence-corrected chi connectivity index (χ3v) is 6.41. The Morgan fingerprint density at radius 1 is 1.06 bits per heavy atom. The average molecular weight is 254 g/mol. The molecule has 18 heavy (non-hydrogen) atoms.